The fraction of sp³-hybridized carbons (Fsp3) is 0.217. The average molecular weight is 391 g/mol. The summed E-state index contributed by atoms with van der Waals surface area (Å²) in [6.45, 7) is 0.191. The summed E-state index contributed by atoms with van der Waals surface area (Å²) in [5.41, 5.74) is 2.35. The summed E-state index contributed by atoms with van der Waals surface area (Å²) < 4.78 is 0. The van der Waals surface area contributed by atoms with Crippen LogP contribution in [0.2, 0.25) is 0 Å². The highest BCUT2D eigenvalue weighted by Crippen LogP contribution is 2.25. The van der Waals surface area contributed by atoms with Crippen LogP contribution in [0, 0.1) is 0 Å². The normalized spacial score (nSPS) is 11.7. The van der Waals surface area contributed by atoms with Gasteiger partial charge in [0.15, 0.2) is 0 Å². The molecule has 0 spiro atoms. The first-order chi connectivity index (χ1) is 14.0. The van der Waals surface area contributed by atoms with Crippen LogP contribution in [0.1, 0.15) is 18.1 Å². The van der Waals surface area contributed by atoms with Crippen molar-refractivity contribution in [3.63, 3.8) is 0 Å². The molecule has 0 aliphatic carbocycles. The summed E-state index contributed by atoms with van der Waals surface area (Å²) in [6, 6.07) is 20.8. The molecule has 3 aromatic rings. The van der Waals surface area contributed by atoms with Crippen LogP contribution < -0.4 is 15.5 Å². The van der Waals surface area contributed by atoms with E-state index < -0.39 is 17.9 Å². The van der Waals surface area contributed by atoms with E-state index in [-0.39, 0.29) is 6.54 Å². The summed E-state index contributed by atoms with van der Waals surface area (Å²) in [5.74, 6) is -1.46. The molecular formula is C23H25N3O3. The zero-order valence-electron chi connectivity index (χ0n) is 16.6. The maximum absolute atomic E-state index is 12.1. The number of aliphatic hydroxyl groups is 1. The zero-order valence-corrected chi connectivity index (χ0v) is 16.6. The summed E-state index contributed by atoms with van der Waals surface area (Å²) in [5, 5.41) is 17.7. The van der Waals surface area contributed by atoms with E-state index in [1.165, 1.54) is 0 Å². The monoisotopic (exact) mass is 391 g/mol. The van der Waals surface area contributed by atoms with Crippen LogP contribution in [0.15, 0.2) is 66.7 Å². The van der Waals surface area contributed by atoms with Crippen molar-refractivity contribution in [2.24, 2.45) is 0 Å². The lowest BCUT2D eigenvalue weighted by atomic mass is 9.99. The molecule has 6 heteroatoms. The van der Waals surface area contributed by atoms with Gasteiger partial charge in [0.1, 0.15) is 0 Å². The highest BCUT2D eigenvalue weighted by atomic mass is 16.3. The van der Waals surface area contributed by atoms with Crippen LogP contribution in [0.4, 0.5) is 11.4 Å². The first kappa shape index (κ1) is 20.4. The van der Waals surface area contributed by atoms with Gasteiger partial charge in [0.25, 0.3) is 0 Å². The Labute approximate surface area is 170 Å². The van der Waals surface area contributed by atoms with Crippen LogP contribution in [0.25, 0.3) is 10.8 Å². The molecule has 0 aliphatic rings. The largest absolute Gasteiger partial charge is 0.388 e. The lowest BCUT2D eigenvalue weighted by Gasteiger charge is -2.14. The molecule has 0 bridgehead atoms. The molecule has 0 aromatic heterocycles. The highest BCUT2D eigenvalue weighted by molar-refractivity contribution is 6.39. The van der Waals surface area contributed by atoms with Crippen LogP contribution in [0.3, 0.4) is 0 Å². The number of hydrogen-bond acceptors (Lipinski definition) is 4. The zero-order chi connectivity index (χ0) is 20.8. The molecule has 0 radical (unpaired) electrons. The van der Waals surface area contributed by atoms with E-state index in [0.29, 0.717) is 12.1 Å². The number of aliphatic hydroxyl groups excluding tert-OH is 1. The molecule has 1 unspecified atom stereocenters. The number of anilines is 2. The first-order valence-electron chi connectivity index (χ1n) is 9.48. The Balaban J connectivity index is 1.51. The van der Waals surface area contributed by atoms with Gasteiger partial charge in [-0.2, -0.15) is 0 Å². The third kappa shape index (κ3) is 5.12. The molecule has 2 amide bonds. The van der Waals surface area contributed by atoms with Crippen LogP contribution in [0.5, 0.6) is 0 Å². The highest BCUT2D eigenvalue weighted by Gasteiger charge is 2.15. The third-order valence-corrected chi connectivity index (χ3v) is 4.73. The van der Waals surface area contributed by atoms with Crippen molar-refractivity contribution in [3.05, 3.63) is 72.3 Å². The summed E-state index contributed by atoms with van der Waals surface area (Å²) in [6.07, 6.45) is -0.423. The van der Waals surface area contributed by atoms with E-state index in [4.69, 9.17) is 0 Å². The Kier molecular flexibility index (Phi) is 6.46. The maximum Gasteiger partial charge on any atom is 0.313 e. The van der Waals surface area contributed by atoms with Gasteiger partial charge in [-0.15, -0.1) is 0 Å². The average Bonchev–Trinajstić information content (AvgIpc) is 2.73. The SMILES string of the molecule is CN(C)c1ccc(NC(=O)C(=O)NCCC(O)c2cccc3ccccc23)cc1. The van der Waals surface area contributed by atoms with Crippen LogP contribution >= 0.6 is 0 Å². The standard InChI is InChI=1S/C23H25N3O3/c1-26(2)18-12-10-17(11-13-18)25-23(29)22(28)24-15-14-21(27)20-9-5-7-16-6-3-4-8-19(16)20/h3-13,21,27H,14-15H2,1-2H3,(H,24,28)(H,25,29). The molecule has 0 heterocycles. The van der Waals surface area contributed by atoms with Crippen molar-refractivity contribution < 1.29 is 14.7 Å². The van der Waals surface area contributed by atoms with Gasteiger partial charge in [-0.05, 0) is 47.0 Å². The van der Waals surface area contributed by atoms with Gasteiger partial charge in [0.2, 0.25) is 0 Å². The molecule has 3 N–H and O–H groups in total. The molecular weight excluding hydrogens is 366 g/mol. The van der Waals surface area contributed by atoms with Gasteiger partial charge in [0.05, 0.1) is 6.10 Å². The Bertz CT molecular complexity index is 994. The van der Waals surface area contributed by atoms with E-state index in [0.717, 1.165) is 22.0 Å². The predicted octanol–water partition coefficient (Wildman–Crippen LogP) is 3.08. The predicted molar refractivity (Wildman–Crippen MR) is 116 cm³/mol. The number of carbonyl (C=O) groups excluding carboxylic acids is 2. The Morgan fingerprint density at radius 1 is 0.931 bits per heavy atom. The molecule has 0 fully saturated rings. The third-order valence-electron chi connectivity index (χ3n) is 4.73. The fourth-order valence-corrected chi connectivity index (χ4v) is 3.13. The molecule has 150 valence electrons. The summed E-state index contributed by atoms with van der Waals surface area (Å²) in [4.78, 5) is 26.0. The van der Waals surface area contributed by atoms with E-state index in [1.807, 2.05) is 73.6 Å². The van der Waals surface area contributed by atoms with E-state index in [9.17, 15) is 14.7 Å². The molecule has 29 heavy (non-hydrogen) atoms. The Morgan fingerprint density at radius 2 is 1.62 bits per heavy atom. The van der Waals surface area contributed by atoms with E-state index in [1.54, 1.807) is 12.1 Å². The lowest BCUT2D eigenvalue weighted by molar-refractivity contribution is -0.136. The molecule has 3 aromatic carbocycles. The minimum absolute atomic E-state index is 0.191. The van der Waals surface area contributed by atoms with Crippen molar-refractivity contribution >= 4 is 34.0 Å². The van der Waals surface area contributed by atoms with Gasteiger partial charge in [-0.3, -0.25) is 9.59 Å². The van der Waals surface area contributed by atoms with Gasteiger partial charge < -0.3 is 20.6 Å². The minimum atomic E-state index is -0.734. The maximum atomic E-state index is 12.1. The van der Waals surface area contributed by atoms with Crippen molar-refractivity contribution in [1.82, 2.24) is 5.32 Å². The van der Waals surface area contributed by atoms with Gasteiger partial charge in [0, 0.05) is 32.0 Å². The second kappa shape index (κ2) is 9.21. The van der Waals surface area contributed by atoms with Gasteiger partial charge >= 0.3 is 11.8 Å². The molecule has 0 saturated heterocycles. The van der Waals surface area contributed by atoms with E-state index in [2.05, 4.69) is 10.6 Å². The van der Waals surface area contributed by atoms with Crippen molar-refractivity contribution in [2.75, 3.05) is 30.9 Å². The van der Waals surface area contributed by atoms with Crippen LogP contribution in [-0.4, -0.2) is 37.6 Å². The molecule has 0 aliphatic heterocycles. The number of amides is 2. The molecule has 1 atom stereocenters. The minimum Gasteiger partial charge on any atom is -0.388 e. The number of rotatable bonds is 6. The first-order valence-corrected chi connectivity index (χ1v) is 9.48. The number of nitrogens with one attached hydrogen (secondary N) is 2. The topological polar surface area (TPSA) is 81.7 Å². The second-order valence-electron chi connectivity index (χ2n) is 7.02. The summed E-state index contributed by atoms with van der Waals surface area (Å²) in [7, 11) is 3.85. The van der Waals surface area contributed by atoms with Gasteiger partial charge in [-0.25, -0.2) is 0 Å². The smallest absolute Gasteiger partial charge is 0.313 e. The summed E-state index contributed by atoms with van der Waals surface area (Å²) >= 11 is 0. The van der Waals surface area contributed by atoms with Crippen molar-refractivity contribution in [1.29, 1.82) is 0 Å². The molecule has 6 nitrogen and oxygen atoms in total. The van der Waals surface area contributed by atoms with Crippen LogP contribution in [-0.2, 0) is 9.59 Å². The number of hydrogen-bond donors (Lipinski definition) is 3. The molecule has 3 rings (SSSR count). The van der Waals surface area contributed by atoms with E-state index >= 15 is 0 Å². The number of benzene rings is 3. The molecule has 0 saturated carbocycles. The Hall–Kier alpha value is -3.38. The number of fused-ring (bicyclic) bond motifs is 1. The number of carbonyl (C=O) groups is 2. The fourth-order valence-electron chi connectivity index (χ4n) is 3.13. The number of nitrogens with zero attached hydrogens (tertiary/aromatic N) is 1. The quantitative estimate of drug-likeness (QED) is 0.564. The van der Waals surface area contributed by atoms with Crippen molar-refractivity contribution in [3.8, 4) is 0 Å². The van der Waals surface area contributed by atoms with Crippen molar-refractivity contribution in [2.45, 2.75) is 12.5 Å². The Morgan fingerprint density at radius 3 is 2.34 bits per heavy atom. The van der Waals surface area contributed by atoms with Gasteiger partial charge in [-0.1, -0.05) is 42.5 Å². The second-order valence-corrected chi connectivity index (χ2v) is 7.02. The lowest BCUT2D eigenvalue weighted by Crippen LogP contribution is -2.36.